The normalized spacial score (nSPS) is 14.7. The lowest BCUT2D eigenvalue weighted by Gasteiger charge is -2.20. The molecule has 12 heteroatoms. The number of benzene rings is 2. The lowest BCUT2D eigenvalue weighted by atomic mass is 10.1. The van der Waals surface area contributed by atoms with E-state index < -0.39 is 23.1 Å². The average Bonchev–Trinajstić information content (AvgIpc) is 3.35. The number of carbonyl (C=O) groups is 1. The van der Waals surface area contributed by atoms with Gasteiger partial charge < -0.3 is 20.2 Å². The van der Waals surface area contributed by atoms with E-state index in [-0.39, 0.29) is 29.2 Å². The smallest absolute Gasteiger partial charge is 0.267 e. The van der Waals surface area contributed by atoms with Crippen molar-refractivity contribution in [1.82, 2.24) is 20.3 Å². The number of rotatable bonds is 9. The molecule has 0 bridgehead atoms. The maximum atomic E-state index is 15.2. The minimum absolute atomic E-state index is 0.00569. The summed E-state index contributed by atoms with van der Waals surface area (Å²) >= 11 is 0. The van der Waals surface area contributed by atoms with Crippen LogP contribution >= 0.6 is 0 Å². The zero-order valence-corrected chi connectivity index (χ0v) is 22.5. The number of amides is 1. The molecule has 41 heavy (non-hydrogen) atoms. The minimum atomic E-state index is -0.725. The highest BCUT2D eigenvalue weighted by molar-refractivity contribution is 6.04. The molecule has 3 heterocycles. The van der Waals surface area contributed by atoms with Crippen molar-refractivity contribution in [3.63, 3.8) is 0 Å². The van der Waals surface area contributed by atoms with Gasteiger partial charge in [-0.1, -0.05) is 0 Å². The third-order valence-corrected chi connectivity index (χ3v) is 6.35. The molecule has 0 spiro atoms. The van der Waals surface area contributed by atoms with E-state index in [1.807, 2.05) is 6.92 Å². The number of nitrogens with one attached hydrogen (secondary N) is 4. The number of nitrogens with zero attached hydrogens (tertiary/aromatic N) is 2. The summed E-state index contributed by atoms with van der Waals surface area (Å²) in [5.74, 6) is -1.04. The van der Waals surface area contributed by atoms with E-state index in [2.05, 4.69) is 26.5 Å². The lowest BCUT2D eigenvalue weighted by Crippen LogP contribution is -2.39. The average molecular weight is 563 g/mol. The summed E-state index contributed by atoms with van der Waals surface area (Å²) in [5, 5.41) is 5.91. The number of carbonyl (C=O) groups excluding carboxylic acids is 1. The van der Waals surface area contributed by atoms with Crippen molar-refractivity contribution in [1.29, 1.82) is 0 Å². The molecular formula is C29H28F2N6O4. The molecule has 5 rings (SSSR count). The van der Waals surface area contributed by atoms with Crippen LogP contribution in [0.4, 0.5) is 20.3 Å². The van der Waals surface area contributed by atoms with Gasteiger partial charge in [0.25, 0.3) is 11.5 Å². The Morgan fingerprint density at radius 1 is 1.12 bits per heavy atom. The maximum Gasteiger partial charge on any atom is 0.267 e. The molecule has 0 fully saturated rings. The van der Waals surface area contributed by atoms with E-state index in [1.165, 1.54) is 53.2 Å². The summed E-state index contributed by atoms with van der Waals surface area (Å²) < 4.78 is 40.9. The second-order valence-corrected chi connectivity index (χ2v) is 9.58. The first kappa shape index (κ1) is 27.9. The maximum absolute atomic E-state index is 15.2. The first-order valence-electron chi connectivity index (χ1n) is 12.8. The molecule has 1 aliphatic heterocycles. The molecule has 2 aromatic heterocycles. The van der Waals surface area contributed by atoms with Gasteiger partial charge in [-0.2, -0.15) is 0 Å². The standard InChI is InChI=1S/C29H28F2N6O4/c1-16-12-21(29(39)37(14-16)20-7-4-18(30)5-8-20)28(38)34-19-6-9-23(22(31)13-19)41-24-10-11-32-26-25(24)27(36-35-26)33-17(2)15-40-3/h4-14,17,27,33,36H,15H2,1-3H3,(H,32,35)(H,34,38)/t17-,27?/m0/s1. The monoisotopic (exact) mass is 562 g/mol. The molecule has 1 amide bonds. The van der Waals surface area contributed by atoms with Crippen LogP contribution in [0.15, 0.2) is 71.8 Å². The molecule has 1 aliphatic rings. The van der Waals surface area contributed by atoms with Gasteiger partial charge in [-0.15, -0.1) is 0 Å². The van der Waals surface area contributed by atoms with E-state index >= 15 is 4.39 Å². The van der Waals surface area contributed by atoms with E-state index in [0.717, 1.165) is 6.07 Å². The summed E-state index contributed by atoms with van der Waals surface area (Å²) in [5.41, 5.74) is 7.15. The fourth-order valence-corrected chi connectivity index (χ4v) is 4.50. The zero-order valence-electron chi connectivity index (χ0n) is 22.5. The molecular weight excluding hydrogens is 534 g/mol. The Kier molecular flexibility index (Phi) is 8.06. The zero-order chi connectivity index (χ0) is 29.1. The van der Waals surface area contributed by atoms with Gasteiger partial charge >= 0.3 is 0 Å². The number of fused-ring (bicyclic) bond motifs is 1. The van der Waals surface area contributed by atoms with Crippen LogP contribution in [0.3, 0.4) is 0 Å². The Labute approximate surface area is 234 Å². The number of aromatic nitrogens is 2. The van der Waals surface area contributed by atoms with Gasteiger partial charge in [-0.25, -0.2) is 19.2 Å². The van der Waals surface area contributed by atoms with E-state index in [0.29, 0.717) is 35.0 Å². The third-order valence-electron chi connectivity index (χ3n) is 6.35. The van der Waals surface area contributed by atoms with E-state index in [4.69, 9.17) is 9.47 Å². The molecule has 0 saturated heterocycles. The van der Waals surface area contributed by atoms with Crippen molar-refractivity contribution in [3.05, 3.63) is 106 Å². The molecule has 2 atom stereocenters. The first-order valence-corrected chi connectivity index (χ1v) is 12.8. The topological polar surface area (TPSA) is 119 Å². The molecule has 4 N–H and O–H groups in total. The SMILES string of the molecule is COC[C@H](C)NC1NNc2nccc(Oc3ccc(NC(=O)c4cc(C)cn(-c5ccc(F)cc5)c4=O)cc3F)c21. The second kappa shape index (κ2) is 11.8. The summed E-state index contributed by atoms with van der Waals surface area (Å²) in [4.78, 5) is 30.4. The highest BCUT2D eigenvalue weighted by atomic mass is 19.1. The van der Waals surface area contributed by atoms with Crippen LogP contribution < -0.4 is 31.8 Å². The Hall–Kier alpha value is -4.65. The van der Waals surface area contributed by atoms with Crippen LogP contribution in [-0.4, -0.2) is 35.2 Å². The van der Waals surface area contributed by atoms with Crippen LogP contribution in [0.1, 0.15) is 34.6 Å². The van der Waals surface area contributed by atoms with Gasteiger partial charge in [-0.3, -0.25) is 19.5 Å². The Morgan fingerprint density at radius 2 is 1.90 bits per heavy atom. The summed E-state index contributed by atoms with van der Waals surface area (Å²) in [7, 11) is 1.61. The summed E-state index contributed by atoms with van der Waals surface area (Å²) in [6.07, 6.45) is 2.72. The van der Waals surface area contributed by atoms with Gasteiger partial charge in [0.05, 0.1) is 12.2 Å². The molecule has 0 radical (unpaired) electrons. The van der Waals surface area contributed by atoms with E-state index in [1.54, 1.807) is 26.3 Å². The summed E-state index contributed by atoms with van der Waals surface area (Å²) in [6.45, 7) is 4.16. The predicted octanol–water partition coefficient (Wildman–Crippen LogP) is 4.42. The van der Waals surface area contributed by atoms with Gasteiger partial charge in [0.1, 0.15) is 29.1 Å². The molecule has 1 unspecified atom stereocenters. The second-order valence-electron chi connectivity index (χ2n) is 9.58. The Morgan fingerprint density at radius 3 is 2.63 bits per heavy atom. The molecule has 0 aliphatic carbocycles. The third kappa shape index (κ3) is 6.09. The van der Waals surface area contributed by atoms with Crippen molar-refractivity contribution < 1.29 is 23.0 Å². The number of halogens is 2. The molecule has 212 valence electrons. The predicted molar refractivity (Wildman–Crippen MR) is 149 cm³/mol. The van der Waals surface area contributed by atoms with Crippen molar-refractivity contribution in [2.45, 2.75) is 26.1 Å². The van der Waals surface area contributed by atoms with E-state index in [9.17, 15) is 14.0 Å². The Balaban J connectivity index is 1.35. The highest BCUT2D eigenvalue weighted by Gasteiger charge is 2.29. The molecule has 2 aromatic carbocycles. The number of hydrazine groups is 1. The number of hydrogen-bond donors (Lipinski definition) is 4. The molecule has 4 aromatic rings. The minimum Gasteiger partial charge on any atom is -0.454 e. The van der Waals surface area contributed by atoms with Crippen molar-refractivity contribution in [2.24, 2.45) is 0 Å². The van der Waals surface area contributed by atoms with Gasteiger partial charge in [0.15, 0.2) is 11.6 Å². The van der Waals surface area contributed by atoms with Crippen LogP contribution in [0, 0.1) is 18.6 Å². The van der Waals surface area contributed by atoms with Crippen molar-refractivity contribution in [2.75, 3.05) is 24.5 Å². The fourth-order valence-electron chi connectivity index (χ4n) is 4.50. The quantitative estimate of drug-likeness (QED) is 0.237. The number of aryl methyl sites for hydroxylation is 1. The van der Waals surface area contributed by atoms with Crippen LogP contribution in [0.25, 0.3) is 5.69 Å². The van der Waals surface area contributed by atoms with Crippen molar-refractivity contribution in [3.8, 4) is 17.2 Å². The molecule has 0 saturated carbocycles. The Bertz CT molecular complexity index is 1640. The van der Waals surface area contributed by atoms with Gasteiger partial charge in [0, 0.05) is 43.0 Å². The van der Waals surface area contributed by atoms with Gasteiger partial charge in [0.2, 0.25) is 0 Å². The lowest BCUT2D eigenvalue weighted by molar-refractivity contribution is 0.102. The number of anilines is 2. The summed E-state index contributed by atoms with van der Waals surface area (Å²) in [6, 6.07) is 12.4. The number of pyridine rings is 2. The molecule has 10 nitrogen and oxygen atoms in total. The van der Waals surface area contributed by atoms with Crippen molar-refractivity contribution >= 4 is 17.4 Å². The fraction of sp³-hybridized carbons (Fsp3) is 0.207. The highest BCUT2D eigenvalue weighted by Crippen LogP contribution is 2.37. The van der Waals surface area contributed by atoms with Crippen LogP contribution in [0.5, 0.6) is 11.5 Å². The van der Waals surface area contributed by atoms with Gasteiger partial charge in [-0.05, 0) is 67.9 Å². The van der Waals surface area contributed by atoms with Crippen LogP contribution in [0.2, 0.25) is 0 Å². The van der Waals surface area contributed by atoms with Crippen LogP contribution in [-0.2, 0) is 4.74 Å². The number of ether oxygens (including phenoxy) is 2. The number of methoxy groups -OCH3 is 1. The number of hydrogen-bond acceptors (Lipinski definition) is 8. The first-order chi connectivity index (χ1) is 19.7. The largest absolute Gasteiger partial charge is 0.454 e.